The van der Waals surface area contributed by atoms with Crippen molar-refractivity contribution in [3.8, 4) is 0 Å². The number of nitrogens with zero attached hydrogens (tertiary/aromatic N) is 1. The van der Waals surface area contributed by atoms with Gasteiger partial charge in [-0.05, 0) is 64.7 Å². The summed E-state index contributed by atoms with van der Waals surface area (Å²) in [6.07, 6.45) is 0.0848. The molecule has 0 spiro atoms. The van der Waals surface area contributed by atoms with Crippen LogP contribution in [-0.4, -0.2) is 76.1 Å². The van der Waals surface area contributed by atoms with Crippen molar-refractivity contribution in [3.05, 3.63) is 71.3 Å². The van der Waals surface area contributed by atoms with E-state index in [9.17, 15) is 24.3 Å². The number of ether oxygens (including phenoxy) is 2. The van der Waals surface area contributed by atoms with Gasteiger partial charge in [-0.3, -0.25) is 9.59 Å². The third-order valence-corrected chi connectivity index (χ3v) is 6.71. The van der Waals surface area contributed by atoms with Crippen LogP contribution in [0.15, 0.2) is 54.6 Å². The SMILES string of the molecule is CCc1ccc(C(C(=O)NC(Cc2ccccc2)C(=O)OC(C)(C)C)N(CCO)C(=O)C(CS)NC(=O)OC(C)(C)C)cc1. The van der Waals surface area contributed by atoms with E-state index in [1.807, 2.05) is 49.4 Å². The average molecular weight is 630 g/mol. The topological polar surface area (TPSA) is 134 Å². The van der Waals surface area contributed by atoms with Gasteiger partial charge in [0.1, 0.15) is 29.3 Å². The number of carbonyl (C=O) groups is 4. The lowest BCUT2D eigenvalue weighted by molar-refractivity contribution is -0.159. The highest BCUT2D eigenvalue weighted by Gasteiger charge is 2.38. The first-order chi connectivity index (χ1) is 20.6. The quantitative estimate of drug-likeness (QED) is 0.194. The third-order valence-electron chi connectivity index (χ3n) is 6.35. The van der Waals surface area contributed by atoms with Gasteiger partial charge >= 0.3 is 12.1 Å². The number of hydrogen-bond acceptors (Lipinski definition) is 8. The van der Waals surface area contributed by atoms with Gasteiger partial charge in [-0.15, -0.1) is 0 Å². The normalized spacial score (nSPS) is 13.7. The summed E-state index contributed by atoms with van der Waals surface area (Å²) in [7, 11) is 0. The van der Waals surface area contributed by atoms with E-state index in [1.54, 1.807) is 53.7 Å². The van der Waals surface area contributed by atoms with Crippen LogP contribution in [0.25, 0.3) is 0 Å². The Bertz CT molecular complexity index is 1240. The monoisotopic (exact) mass is 629 g/mol. The number of hydrogen-bond donors (Lipinski definition) is 4. The molecule has 3 unspecified atom stereocenters. The minimum absolute atomic E-state index is 0.0995. The maximum Gasteiger partial charge on any atom is 0.408 e. The molecule has 10 nitrogen and oxygen atoms in total. The Morgan fingerprint density at radius 3 is 1.93 bits per heavy atom. The first-order valence-electron chi connectivity index (χ1n) is 14.8. The minimum Gasteiger partial charge on any atom is -0.458 e. The zero-order valence-corrected chi connectivity index (χ0v) is 27.6. The number of aliphatic hydroxyl groups excluding tert-OH is 1. The Kier molecular flexibility index (Phi) is 13.7. The predicted molar refractivity (Wildman–Crippen MR) is 172 cm³/mol. The van der Waals surface area contributed by atoms with Gasteiger partial charge < -0.3 is 30.1 Å². The summed E-state index contributed by atoms with van der Waals surface area (Å²) in [5.41, 5.74) is 0.658. The maximum atomic E-state index is 14.2. The maximum absolute atomic E-state index is 14.2. The van der Waals surface area contributed by atoms with E-state index in [-0.39, 0.29) is 18.7 Å². The second-order valence-corrected chi connectivity index (χ2v) is 12.8. The van der Waals surface area contributed by atoms with Gasteiger partial charge in [-0.25, -0.2) is 9.59 Å². The number of benzene rings is 2. The molecule has 44 heavy (non-hydrogen) atoms. The Morgan fingerprint density at radius 1 is 0.841 bits per heavy atom. The highest BCUT2D eigenvalue weighted by molar-refractivity contribution is 7.80. The molecule has 0 aromatic heterocycles. The van der Waals surface area contributed by atoms with Crippen molar-refractivity contribution >= 4 is 36.5 Å². The van der Waals surface area contributed by atoms with Crippen LogP contribution in [0.2, 0.25) is 0 Å². The molecule has 0 aliphatic heterocycles. The fourth-order valence-electron chi connectivity index (χ4n) is 4.38. The van der Waals surface area contributed by atoms with Crippen molar-refractivity contribution in [2.45, 2.75) is 90.6 Å². The molecule has 242 valence electrons. The summed E-state index contributed by atoms with van der Waals surface area (Å²) in [6.45, 7) is 11.6. The number of amides is 3. The van der Waals surface area contributed by atoms with Crippen LogP contribution in [0, 0.1) is 0 Å². The molecule has 0 fully saturated rings. The average Bonchev–Trinajstić information content (AvgIpc) is 2.94. The Morgan fingerprint density at radius 2 is 1.43 bits per heavy atom. The summed E-state index contributed by atoms with van der Waals surface area (Å²) in [5.74, 6) is -2.04. The summed E-state index contributed by atoms with van der Waals surface area (Å²) in [6, 6.07) is 12.8. The molecular formula is C33H47N3O7S. The molecular weight excluding hydrogens is 582 g/mol. The smallest absolute Gasteiger partial charge is 0.408 e. The molecule has 3 N–H and O–H groups in total. The molecule has 0 bridgehead atoms. The first-order valence-corrected chi connectivity index (χ1v) is 15.4. The van der Waals surface area contributed by atoms with Crippen molar-refractivity contribution < 1.29 is 33.8 Å². The van der Waals surface area contributed by atoms with Gasteiger partial charge in [0.2, 0.25) is 11.8 Å². The molecule has 11 heteroatoms. The van der Waals surface area contributed by atoms with E-state index >= 15 is 0 Å². The molecule has 0 saturated carbocycles. The number of thiol groups is 1. The van der Waals surface area contributed by atoms with E-state index in [2.05, 4.69) is 23.3 Å². The van der Waals surface area contributed by atoms with Crippen molar-refractivity contribution in [3.63, 3.8) is 0 Å². The van der Waals surface area contributed by atoms with E-state index in [0.29, 0.717) is 5.56 Å². The van der Waals surface area contributed by atoms with E-state index in [4.69, 9.17) is 9.47 Å². The lowest BCUT2D eigenvalue weighted by atomic mass is 9.99. The number of carbonyl (C=O) groups excluding carboxylic acids is 4. The van der Waals surface area contributed by atoms with Crippen LogP contribution in [0.3, 0.4) is 0 Å². The standard InChI is InChI=1S/C33H47N3O7S/c1-8-22-14-16-24(17-15-22)27(36(18-19-37)29(39)26(21-44)35-31(41)43-33(5,6)7)28(38)34-25(30(40)42-32(2,3)4)20-23-12-10-9-11-13-23/h9-17,25-27,37,44H,8,18-21H2,1-7H3,(H,34,38)(H,35,41). The van der Waals surface area contributed by atoms with Crippen molar-refractivity contribution in [2.75, 3.05) is 18.9 Å². The molecule has 0 aliphatic carbocycles. The largest absolute Gasteiger partial charge is 0.458 e. The summed E-state index contributed by atoms with van der Waals surface area (Å²) >= 11 is 4.27. The van der Waals surface area contributed by atoms with Crippen LogP contribution >= 0.6 is 12.6 Å². The van der Waals surface area contributed by atoms with Gasteiger partial charge in [-0.1, -0.05) is 61.5 Å². The molecule has 0 aliphatic rings. The zero-order chi connectivity index (χ0) is 33.1. The molecule has 0 radical (unpaired) electrons. The number of nitrogens with one attached hydrogen (secondary N) is 2. The fraction of sp³-hybridized carbons (Fsp3) is 0.515. The van der Waals surface area contributed by atoms with Crippen LogP contribution in [-0.2, 0) is 36.7 Å². The van der Waals surface area contributed by atoms with Crippen molar-refractivity contribution in [1.82, 2.24) is 15.5 Å². The summed E-state index contributed by atoms with van der Waals surface area (Å²) < 4.78 is 11.0. The number of esters is 1. The fourth-order valence-corrected chi connectivity index (χ4v) is 4.63. The van der Waals surface area contributed by atoms with E-state index in [1.165, 1.54) is 4.90 Å². The molecule has 3 atom stereocenters. The lowest BCUT2D eigenvalue weighted by Gasteiger charge is -2.34. The first kappa shape index (κ1) is 36.6. The summed E-state index contributed by atoms with van der Waals surface area (Å²) in [4.78, 5) is 55.2. The molecule has 2 aromatic carbocycles. The van der Waals surface area contributed by atoms with Gasteiger partial charge in [0, 0.05) is 18.7 Å². The van der Waals surface area contributed by atoms with Crippen molar-refractivity contribution in [2.24, 2.45) is 0 Å². The van der Waals surface area contributed by atoms with Crippen molar-refractivity contribution in [1.29, 1.82) is 0 Å². The zero-order valence-electron chi connectivity index (χ0n) is 26.8. The molecule has 3 amide bonds. The van der Waals surface area contributed by atoms with Gasteiger partial charge in [0.05, 0.1) is 6.61 Å². The number of rotatable bonds is 13. The predicted octanol–water partition coefficient (Wildman–Crippen LogP) is 4.00. The second-order valence-electron chi connectivity index (χ2n) is 12.4. The van der Waals surface area contributed by atoms with Crippen LogP contribution in [0.1, 0.15) is 71.2 Å². The lowest BCUT2D eigenvalue weighted by Crippen LogP contribution is -2.56. The molecule has 2 rings (SSSR count). The van der Waals surface area contributed by atoms with E-state index < -0.39 is 59.8 Å². The van der Waals surface area contributed by atoms with E-state index in [0.717, 1.165) is 17.5 Å². The number of aliphatic hydroxyl groups is 1. The van der Waals surface area contributed by atoms with Crippen LogP contribution in [0.4, 0.5) is 4.79 Å². The van der Waals surface area contributed by atoms with Crippen LogP contribution in [0.5, 0.6) is 0 Å². The molecule has 2 aromatic rings. The van der Waals surface area contributed by atoms with Gasteiger partial charge in [-0.2, -0.15) is 12.6 Å². The number of aryl methyl sites for hydroxylation is 1. The van der Waals surface area contributed by atoms with Crippen LogP contribution < -0.4 is 10.6 Å². The molecule has 0 saturated heterocycles. The Balaban J connectivity index is 2.53. The van der Waals surface area contributed by atoms with Gasteiger partial charge in [0.25, 0.3) is 0 Å². The Labute approximate surface area is 266 Å². The highest BCUT2D eigenvalue weighted by Crippen LogP contribution is 2.24. The number of alkyl carbamates (subject to hydrolysis) is 1. The minimum atomic E-state index is -1.26. The highest BCUT2D eigenvalue weighted by atomic mass is 32.1. The van der Waals surface area contributed by atoms with Gasteiger partial charge in [0.15, 0.2) is 0 Å². The summed E-state index contributed by atoms with van der Waals surface area (Å²) in [5, 5.41) is 15.3. The second kappa shape index (κ2) is 16.5. The third kappa shape index (κ3) is 11.8. The molecule has 0 heterocycles. The Hall–Kier alpha value is -3.57.